The zero-order valence-electron chi connectivity index (χ0n) is 11.9. The van der Waals surface area contributed by atoms with Crippen LogP contribution in [0, 0.1) is 5.41 Å². The van der Waals surface area contributed by atoms with E-state index >= 15 is 0 Å². The number of alkyl halides is 1. The molecule has 0 fully saturated rings. The van der Waals surface area contributed by atoms with Gasteiger partial charge in [-0.3, -0.25) is 0 Å². The van der Waals surface area contributed by atoms with Gasteiger partial charge >= 0.3 is 0 Å². The Morgan fingerprint density at radius 2 is 2.00 bits per heavy atom. The van der Waals surface area contributed by atoms with E-state index in [-0.39, 0.29) is 10.8 Å². The van der Waals surface area contributed by atoms with Gasteiger partial charge in [-0.2, -0.15) is 0 Å². The number of imidazole rings is 1. The molecular weight excluding hydrogens is 279 g/mol. The highest BCUT2D eigenvalue weighted by molar-refractivity contribution is 6.35. The Morgan fingerprint density at radius 3 is 2.58 bits per heavy atom. The van der Waals surface area contributed by atoms with Crippen LogP contribution in [-0.4, -0.2) is 9.55 Å². The van der Waals surface area contributed by atoms with Gasteiger partial charge in [0.25, 0.3) is 0 Å². The van der Waals surface area contributed by atoms with Gasteiger partial charge < -0.3 is 4.57 Å². The molecule has 0 saturated carbocycles. The van der Waals surface area contributed by atoms with Crippen molar-refractivity contribution in [3.05, 3.63) is 29.0 Å². The number of rotatable bonds is 3. The number of para-hydroxylation sites is 1. The number of aryl methyl sites for hydroxylation is 1. The summed E-state index contributed by atoms with van der Waals surface area (Å²) in [5.41, 5.74) is 2.19. The van der Waals surface area contributed by atoms with Gasteiger partial charge in [0.15, 0.2) is 0 Å². The first kappa shape index (κ1) is 14.7. The molecule has 0 N–H and O–H groups in total. The summed E-state index contributed by atoms with van der Waals surface area (Å²) in [5, 5.41) is 0.617. The number of aromatic nitrogens is 2. The van der Waals surface area contributed by atoms with Gasteiger partial charge in [-0.1, -0.05) is 38.4 Å². The molecule has 0 amide bonds. The second-order valence-electron chi connectivity index (χ2n) is 6.16. The molecule has 1 aromatic carbocycles. The molecular formula is C15H20Cl2N2. The number of fused-ring (bicyclic) bond motifs is 1. The lowest BCUT2D eigenvalue weighted by Gasteiger charge is -2.20. The predicted octanol–water partition coefficient (Wildman–Crippen LogP) is 5.43. The van der Waals surface area contributed by atoms with Gasteiger partial charge in [-0.15, -0.1) is 11.6 Å². The monoisotopic (exact) mass is 298 g/mol. The van der Waals surface area contributed by atoms with Crippen LogP contribution in [0.2, 0.25) is 5.02 Å². The summed E-state index contributed by atoms with van der Waals surface area (Å²) >= 11 is 12.6. The Balaban J connectivity index is 2.51. The summed E-state index contributed by atoms with van der Waals surface area (Å²) in [6.45, 7) is 9.53. The van der Waals surface area contributed by atoms with Crippen molar-refractivity contribution in [2.24, 2.45) is 5.41 Å². The minimum Gasteiger partial charge on any atom is -0.326 e. The van der Waals surface area contributed by atoms with E-state index in [9.17, 15) is 0 Å². The second-order valence-corrected chi connectivity index (χ2v) is 7.22. The van der Waals surface area contributed by atoms with E-state index in [0.717, 1.165) is 34.8 Å². The van der Waals surface area contributed by atoms with Gasteiger partial charge in [-0.05, 0) is 30.9 Å². The Hall–Kier alpha value is -0.730. The quantitative estimate of drug-likeness (QED) is 0.691. The van der Waals surface area contributed by atoms with Crippen molar-refractivity contribution in [1.29, 1.82) is 0 Å². The average Bonchev–Trinajstić information content (AvgIpc) is 2.65. The topological polar surface area (TPSA) is 17.8 Å². The fraction of sp³-hybridized carbons (Fsp3) is 0.533. The van der Waals surface area contributed by atoms with Crippen LogP contribution < -0.4 is 0 Å². The van der Waals surface area contributed by atoms with Crippen LogP contribution in [0.3, 0.4) is 0 Å². The molecule has 2 nitrogen and oxygen atoms in total. The molecule has 1 heterocycles. The van der Waals surface area contributed by atoms with Crippen LogP contribution >= 0.6 is 23.2 Å². The Bertz CT molecular complexity index is 580. The molecule has 19 heavy (non-hydrogen) atoms. The predicted molar refractivity (Wildman–Crippen MR) is 83.1 cm³/mol. The molecule has 0 radical (unpaired) electrons. The lowest BCUT2D eigenvalue weighted by Crippen LogP contribution is -2.12. The summed E-state index contributed by atoms with van der Waals surface area (Å²) < 4.78 is 2.17. The number of halogens is 2. The van der Waals surface area contributed by atoms with Crippen molar-refractivity contribution < 1.29 is 0 Å². The highest BCUT2D eigenvalue weighted by Crippen LogP contribution is 2.31. The van der Waals surface area contributed by atoms with Crippen molar-refractivity contribution in [2.45, 2.75) is 46.0 Å². The summed E-state index contributed by atoms with van der Waals surface area (Å²) in [7, 11) is 0. The largest absolute Gasteiger partial charge is 0.326 e. The summed E-state index contributed by atoms with van der Waals surface area (Å²) in [4.78, 5) is 4.62. The first-order valence-corrected chi connectivity index (χ1v) is 7.40. The Morgan fingerprint density at radius 1 is 1.32 bits per heavy atom. The molecule has 0 bridgehead atoms. The number of benzene rings is 1. The molecule has 0 aliphatic carbocycles. The zero-order valence-corrected chi connectivity index (χ0v) is 13.4. The van der Waals surface area contributed by atoms with E-state index in [1.807, 2.05) is 25.1 Å². The van der Waals surface area contributed by atoms with Crippen molar-refractivity contribution in [2.75, 3.05) is 0 Å². The molecule has 1 atom stereocenters. The third kappa shape index (κ3) is 3.24. The van der Waals surface area contributed by atoms with Gasteiger partial charge in [-0.25, -0.2) is 4.98 Å². The molecule has 2 rings (SSSR count). The summed E-state index contributed by atoms with van der Waals surface area (Å²) in [5.74, 6) is 0.897. The van der Waals surface area contributed by atoms with Crippen LogP contribution in [-0.2, 0) is 6.54 Å². The maximum absolute atomic E-state index is 6.33. The molecule has 2 aromatic rings. The maximum atomic E-state index is 6.33. The standard InChI is InChI=1S/C15H20Cl2N2/c1-10(16)14-18-12-7-5-6-11(17)13(12)19(14)9-8-15(2,3)4/h5-7,10H,8-9H2,1-4H3. The molecule has 0 saturated heterocycles. The van der Waals surface area contributed by atoms with Crippen molar-refractivity contribution in [3.8, 4) is 0 Å². The van der Waals surface area contributed by atoms with Crippen molar-refractivity contribution in [3.63, 3.8) is 0 Å². The number of hydrogen-bond donors (Lipinski definition) is 0. The minimum atomic E-state index is -0.122. The Labute approximate surface area is 124 Å². The van der Waals surface area contributed by atoms with Crippen molar-refractivity contribution in [1.82, 2.24) is 9.55 Å². The summed E-state index contributed by atoms with van der Waals surface area (Å²) in [6, 6.07) is 5.81. The maximum Gasteiger partial charge on any atom is 0.127 e. The fourth-order valence-corrected chi connectivity index (χ4v) is 2.58. The first-order valence-electron chi connectivity index (χ1n) is 6.58. The smallest absolute Gasteiger partial charge is 0.127 e. The molecule has 1 unspecified atom stereocenters. The summed E-state index contributed by atoms with van der Waals surface area (Å²) in [6.07, 6.45) is 1.06. The zero-order chi connectivity index (χ0) is 14.2. The fourth-order valence-electron chi connectivity index (χ4n) is 2.14. The third-order valence-electron chi connectivity index (χ3n) is 3.19. The van der Waals surface area contributed by atoms with E-state index in [0.29, 0.717) is 0 Å². The lowest BCUT2D eigenvalue weighted by molar-refractivity contribution is 0.350. The van der Waals surface area contributed by atoms with Gasteiger partial charge in [0.1, 0.15) is 5.82 Å². The number of hydrogen-bond acceptors (Lipinski definition) is 1. The highest BCUT2D eigenvalue weighted by Gasteiger charge is 2.19. The van der Waals surface area contributed by atoms with Crippen molar-refractivity contribution >= 4 is 34.2 Å². The van der Waals surface area contributed by atoms with Crippen LogP contribution in [0.5, 0.6) is 0 Å². The van der Waals surface area contributed by atoms with Gasteiger partial charge in [0.2, 0.25) is 0 Å². The van der Waals surface area contributed by atoms with E-state index in [1.165, 1.54) is 0 Å². The SMILES string of the molecule is CC(Cl)c1nc2cccc(Cl)c2n1CCC(C)(C)C. The van der Waals surface area contributed by atoms with E-state index < -0.39 is 0 Å². The van der Waals surface area contributed by atoms with Crippen LogP contribution in [0.1, 0.15) is 45.3 Å². The third-order valence-corrected chi connectivity index (χ3v) is 3.69. The molecule has 4 heteroatoms. The lowest BCUT2D eigenvalue weighted by atomic mass is 9.92. The van der Waals surface area contributed by atoms with Crippen LogP contribution in [0.15, 0.2) is 18.2 Å². The normalized spacial score (nSPS) is 14.0. The molecule has 1 aromatic heterocycles. The van der Waals surface area contributed by atoms with Gasteiger partial charge in [0, 0.05) is 6.54 Å². The second kappa shape index (κ2) is 5.34. The molecule has 0 spiro atoms. The van der Waals surface area contributed by atoms with Crippen LogP contribution in [0.4, 0.5) is 0 Å². The highest BCUT2D eigenvalue weighted by atomic mass is 35.5. The average molecular weight is 299 g/mol. The van der Waals surface area contributed by atoms with Gasteiger partial charge in [0.05, 0.1) is 21.4 Å². The van der Waals surface area contributed by atoms with E-state index in [4.69, 9.17) is 23.2 Å². The Kier molecular flexibility index (Phi) is 4.12. The van der Waals surface area contributed by atoms with E-state index in [1.54, 1.807) is 0 Å². The van der Waals surface area contributed by atoms with E-state index in [2.05, 4.69) is 30.3 Å². The minimum absolute atomic E-state index is 0.122. The molecule has 104 valence electrons. The first-order chi connectivity index (χ1) is 8.79. The molecule has 0 aliphatic rings. The van der Waals surface area contributed by atoms with Crippen LogP contribution in [0.25, 0.3) is 11.0 Å². The number of nitrogens with zero attached hydrogens (tertiary/aromatic N) is 2. The molecule has 0 aliphatic heterocycles.